The zero-order valence-corrected chi connectivity index (χ0v) is 9.32. The highest BCUT2D eigenvalue weighted by atomic mass is 19.1. The summed E-state index contributed by atoms with van der Waals surface area (Å²) in [5.41, 5.74) is 1.31. The number of aryl methyl sites for hydroxylation is 2. The molecular weight excluding hydrogens is 225 g/mol. The standard InChI is InChI=1S/C11H10FN3O2/c1-6-10(7(2)17-15-6)11(16)14-8-3-4-9(12)13-5-8/h3-5H,1-2H3,(H,14,16). The maximum atomic E-state index is 12.6. The molecule has 0 radical (unpaired) electrons. The van der Waals surface area contributed by atoms with Crippen LogP contribution in [0.25, 0.3) is 0 Å². The van der Waals surface area contributed by atoms with Gasteiger partial charge < -0.3 is 9.84 Å². The zero-order valence-electron chi connectivity index (χ0n) is 9.32. The molecule has 0 saturated carbocycles. The predicted octanol–water partition coefficient (Wildman–Crippen LogP) is 2.08. The number of aromatic nitrogens is 2. The van der Waals surface area contributed by atoms with Crippen molar-refractivity contribution >= 4 is 11.6 Å². The van der Waals surface area contributed by atoms with Crippen LogP contribution in [0.15, 0.2) is 22.9 Å². The maximum Gasteiger partial charge on any atom is 0.261 e. The minimum Gasteiger partial charge on any atom is -0.361 e. The molecule has 2 aromatic heterocycles. The van der Waals surface area contributed by atoms with Crippen LogP contribution in [0.3, 0.4) is 0 Å². The highest BCUT2D eigenvalue weighted by Gasteiger charge is 2.17. The quantitative estimate of drug-likeness (QED) is 0.809. The summed E-state index contributed by atoms with van der Waals surface area (Å²) < 4.78 is 17.5. The number of nitrogens with one attached hydrogen (secondary N) is 1. The van der Waals surface area contributed by atoms with Gasteiger partial charge in [0, 0.05) is 0 Å². The van der Waals surface area contributed by atoms with Crippen LogP contribution in [0.1, 0.15) is 21.8 Å². The Morgan fingerprint density at radius 3 is 2.71 bits per heavy atom. The van der Waals surface area contributed by atoms with E-state index in [-0.39, 0.29) is 5.91 Å². The Hall–Kier alpha value is -2.24. The van der Waals surface area contributed by atoms with Gasteiger partial charge in [0.2, 0.25) is 5.95 Å². The molecule has 0 bridgehead atoms. The Morgan fingerprint density at radius 2 is 2.18 bits per heavy atom. The summed E-state index contributed by atoms with van der Waals surface area (Å²) in [6.07, 6.45) is 1.24. The Kier molecular flexibility index (Phi) is 2.86. The van der Waals surface area contributed by atoms with Crippen LogP contribution in [-0.2, 0) is 0 Å². The minimum atomic E-state index is -0.597. The third-order valence-corrected chi connectivity index (χ3v) is 2.25. The number of amides is 1. The van der Waals surface area contributed by atoms with E-state index in [1.165, 1.54) is 18.3 Å². The Morgan fingerprint density at radius 1 is 1.41 bits per heavy atom. The third kappa shape index (κ3) is 2.30. The summed E-state index contributed by atoms with van der Waals surface area (Å²) in [5.74, 6) is -0.509. The normalized spacial score (nSPS) is 10.3. The van der Waals surface area contributed by atoms with E-state index in [4.69, 9.17) is 4.52 Å². The first-order valence-corrected chi connectivity index (χ1v) is 4.93. The van der Waals surface area contributed by atoms with Crippen molar-refractivity contribution in [3.05, 3.63) is 41.3 Å². The predicted molar refractivity (Wildman–Crippen MR) is 58.1 cm³/mol. The van der Waals surface area contributed by atoms with E-state index in [1.807, 2.05) is 0 Å². The van der Waals surface area contributed by atoms with Crippen LogP contribution in [0.4, 0.5) is 10.1 Å². The summed E-state index contributed by atoms with van der Waals surface area (Å²) in [6, 6.07) is 2.60. The van der Waals surface area contributed by atoms with Gasteiger partial charge in [-0.3, -0.25) is 4.79 Å². The summed E-state index contributed by atoms with van der Waals surface area (Å²) in [6.45, 7) is 3.33. The molecule has 0 aromatic carbocycles. The second kappa shape index (κ2) is 4.32. The van der Waals surface area contributed by atoms with Gasteiger partial charge in [0.1, 0.15) is 11.3 Å². The molecule has 0 saturated heterocycles. The molecule has 2 heterocycles. The van der Waals surface area contributed by atoms with Crippen molar-refractivity contribution in [3.63, 3.8) is 0 Å². The molecule has 5 nitrogen and oxygen atoms in total. The lowest BCUT2D eigenvalue weighted by atomic mass is 10.2. The number of hydrogen-bond donors (Lipinski definition) is 1. The van der Waals surface area contributed by atoms with Crippen LogP contribution in [0.2, 0.25) is 0 Å². The van der Waals surface area contributed by atoms with Gasteiger partial charge in [-0.15, -0.1) is 0 Å². The van der Waals surface area contributed by atoms with Crippen LogP contribution < -0.4 is 5.32 Å². The van der Waals surface area contributed by atoms with Crippen molar-refractivity contribution in [2.24, 2.45) is 0 Å². The van der Waals surface area contributed by atoms with E-state index >= 15 is 0 Å². The topological polar surface area (TPSA) is 68.0 Å². The zero-order chi connectivity index (χ0) is 12.4. The highest BCUT2D eigenvalue weighted by molar-refractivity contribution is 6.05. The van der Waals surface area contributed by atoms with Crippen LogP contribution in [0, 0.1) is 19.8 Å². The lowest BCUT2D eigenvalue weighted by molar-refractivity contribution is 0.102. The van der Waals surface area contributed by atoms with E-state index in [2.05, 4.69) is 15.5 Å². The fourth-order valence-electron chi connectivity index (χ4n) is 1.45. The van der Waals surface area contributed by atoms with Gasteiger partial charge in [-0.05, 0) is 26.0 Å². The third-order valence-electron chi connectivity index (χ3n) is 2.25. The largest absolute Gasteiger partial charge is 0.361 e. The number of nitrogens with zero attached hydrogens (tertiary/aromatic N) is 2. The fraction of sp³-hybridized carbons (Fsp3) is 0.182. The number of carbonyl (C=O) groups excluding carboxylic acids is 1. The molecule has 88 valence electrons. The van der Waals surface area contributed by atoms with Crippen LogP contribution in [-0.4, -0.2) is 16.0 Å². The van der Waals surface area contributed by atoms with Crippen molar-refractivity contribution < 1.29 is 13.7 Å². The average Bonchev–Trinajstić information content (AvgIpc) is 2.62. The first-order valence-electron chi connectivity index (χ1n) is 4.93. The number of pyridine rings is 1. The average molecular weight is 235 g/mol. The second-order valence-corrected chi connectivity index (χ2v) is 3.52. The van der Waals surface area contributed by atoms with Crippen molar-refractivity contribution in [1.82, 2.24) is 10.1 Å². The van der Waals surface area contributed by atoms with E-state index in [0.717, 1.165) is 0 Å². The minimum absolute atomic E-state index is 0.352. The Balaban J connectivity index is 2.20. The van der Waals surface area contributed by atoms with Crippen molar-refractivity contribution in [2.45, 2.75) is 13.8 Å². The van der Waals surface area contributed by atoms with Gasteiger partial charge >= 0.3 is 0 Å². The molecule has 1 amide bonds. The van der Waals surface area contributed by atoms with Gasteiger partial charge in [-0.25, -0.2) is 4.98 Å². The molecule has 0 unspecified atom stereocenters. The van der Waals surface area contributed by atoms with E-state index in [9.17, 15) is 9.18 Å². The first-order chi connectivity index (χ1) is 8.08. The monoisotopic (exact) mass is 235 g/mol. The molecule has 1 N–H and O–H groups in total. The smallest absolute Gasteiger partial charge is 0.261 e. The van der Waals surface area contributed by atoms with Gasteiger partial charge in [0.25, 0.3) is 5.91 Å². The van der Waals surface area contributed by atoms with Gasteiger partial charge in [-0.2, -0.15) is 4.39 Å². The van der Waals surface area contributed by atoms with Gasteiger partial charge in [0.15, 0.2) is 0 Å². The van der Waals surface area contributed by atoms with Crippen LogP contribution in [0.5, 0.6) is 0 Å². The number of halogens is 1. The molecule has 17 heavy (non-hydrogen) atoms. The second-order valence-electron chi connectivity index (χ2n) is 3.52. The van der Waals surface area contributed by atoms with E-state index in [1.54, 1.807) is 13.8 Å². The summed E-state index contributed by atoms with van der Waals surface area (Å²) in [4.78, 5) is 15.3. The first kappa shape index (κ1) is 11.3. The van der Waals surface area contributed by atoms with E-state index in [0.29, 0.717) is 22.7 Å². The molecule has 6 heteroatoms. The molecule has 0 fully saturated rings. The van der Waals surface area contributed by atoms with Crippen molar-refractivity contribution in [3.8, 4) is 0 Å². The molecular formula is C11H10FN3O2. The summed E-state index contributed by atoms with van der Waals surface area (Å²) in [5, 5.41) is 6.27. The Bertz CT molecular complexity index is 529. The fourth-order valence-corrected chi connectivity index (χ4v) is 1.45. The maximum absolute atomic E-state index is 12.6. The lowest BCUT2D eigenvalue weighted by Gasteiger charge is -2.03. The molecule has 2 aromatic rings. The Labute approximate surface area is 96.6 Å². The lowest BCUT2D eigenvalue weighted by Crippen LogP contribution is -2.13. The van der Waals surface area contributed by atoms with Crippen LogP contribution >= 0.6 is 0 Å². The molecule has 0 aliphatic heterocycles. The molecule has 2 rings (SSSR count). The molecule has 0 spiro atoms. The SMILES string of the molecule is Cc1noc(C)c1C(=O)Nc1ccc(F)nc1. The number of carbonyl (C=O) groups is 1. The molecule has 0 aliphatic rings. The van der Waals surface area contributed by atoms with Crippen molar-refractivity contribution in [1.29, 1.82) is 0 Å². The van der Waals surface area contributed by atoms with E-state index < -0.39 is 5.95 Å². The number of rotatable bonds is 2. The highest BCUT2D eigenvalue weighted by Crippen LogP contribution is 2.14. The summed E-state index contributed by atoms with van der Waals surface area (Å²) in [7, 11) is 0. The molecule has 0 aliphatic carbocycles. The molecule has 0 atom stereocenters. The number of anilines is 1. The summed E-state index contributed by atoms with van der Waals surface area (Å²) >= 11 is 0. The van der Waals surface area contributed by atoms with Gasteiger partial charge in [0.05, 0.1) is 17.6 Å². The van der Waals surface area contributed by atoms with Gasteiger partial charge in [-0.1, -0.05) is 5.16 Å². The van der Waals surface area contributed by atoms with Crippen molar-refractivity contribution in [2.75, 3.05) is 5.32 Å². The number of hydrogen-bond acceptors (Lipinski definition) is 4.